The van der Waals surface area contributed by atoms with E-state index >= 15 is 0 Å². The van der Waals surface area contributed by atoms with Crippen molar-refractivity contribution in [1.82, 2.24) is 4.90 Å². The van der Waals surface area contributed by atoms with E-state index in [1.54, 1.807) is 23.1 Å². The van der Waals surface area contributed by atoms with Gasteiger partial charge in [0.25, 0.3) is 5.91 Å². The topological polar surface area (TPSA) is 49.4 Å². The van der Waals surface area contributed by atoms with Crippen LogP contribution in [-0.2, 0) is 4.79 Å². The van der Waals surface area contributed by atoms with Crippen LogP contribution in [0.5, 0.6) is 0 Å². The maximum Gasteiger partial charge on any atom is 0.256 e. The fourth-order valence-corrected chi connectivity index (χ4v) is 2.02. The van der Waals surface area contributed by atoms with Crippen molar-refractivity contribution in [1.29, 1.82) is 0 Å². The van der Waals surface area contributed by atoms with Crippen molar-refractivity contribution in [2.24, 2.45) is 0 Å². The van der Waals surface area contributed by atoms with Crippen molar-refractivity contribution in [2.45, 2.75) is 26.3 Å². The van der Waals surface area contributed by atoms with E-state index in [1.807, 2.05) is 20.8 Å². The Morgan fingerprint density at radius 1 is 1.32 bits per heavy atom. The lowest BCUT2D eigenvalue weighted by Gasteiger charge is -2.33. The normalized spacial score (nSPS) is 15.4. The van der Waals surface area contributed by atoms with E-state index < -0.39 is 5.54 Å². The molecule has 0 atom stereocenters. The minimum absolute atomic E-state index is 0.0440. The van der Waals surface area contributed by atoms with Gasteiger partial charge in [-0.15, -0.1) is 6.42 Å². The highest BCUT2D eigenvalue weighted by atomic mass is 16.2. The van der Waals surface area contributed by atoms with Crippen LogP contribution < -0.4 is 5.32 Å². The number of carbonyl (C=O) groups is 2. The molecule has 1 aromatic carbocycles. The zero-order valence-electron chi connectivity index (χ0n) is 11.3. The molecular formula is C15H16N2O2. The molecule has 1 aliphatic heterocycles. The summed E-state index contributed by atoms with van der Waals surface area (Å²) in [5, 5.41) is 2.73. The summed E-state index contributed by atoms with van der Waals surface area (Å²) in [4.78, 5) is 26.0. The van der Waals surface area contributed by atoms with Crippen LogP contribution in [0.4, 0.5) is 5.69 Å². The monoisotopic (exact) mass is 256 g/mol. The van der Waals surface area contributed by atoms with Gasteiger partial charge < -0.3 is 10.2 Å². The lowest BCUT2D eigenvalue weighted by molar-refractivity contribution is -0.117. The lowest BCUT2D eigenvalue weighted by Crippen LogP contribution is -2.47. The van der Waals surface area contributed by atoms with Crippen molar-refractivity contribution >= 4 is 17.5 Å². The number of nitrogens with one attached hydrogen (secondary N) is 1. The van der Waals surface area contributed by atoms with Crippen molar-refractivity contribution in [3.63, 3.8) is 0 Å². The van der Waals surface area contributed by atoms with Crippen LogP contribution in [0.3, 0.4) is 0 Å². The molecule has 0 radical (unpaired) electrons. The van der Waals surface area contributed by atoms with Crippen LogP contribution in [0.25, 0.3) is 0 Å². The molecule has 1 N–H and O–H groups in total. The SMILES string of the molecule is C#Cc1ccc2c(c1)NC(=O)CN(C(C)(C)C)C2=O. The van der Waals surface area contributed by atoms with Crippen LogP contribution in [-0.4, -0.2) is 28.8 Å². The first-order chi connectivity index (χ1) is 8.82. The van der Waals surface area contributed by atoms with Gasteiger partial charge in [0.1, 0.15) is 6.54 Å². The molecule has 0 spiro atoms. The second kappa shape index (κ2) is 4.43. The molecular weight excluding hydrogens is 240 g/mol. The minimum atomic E-state index is -0.416. The second-order valence-electron chi connectivity index (χ2n) is 5.51. The summed E-state index contributed by atoms with van der Waals surface area (Å²) in [6.07, 6.45) is 5.33. The summed E-state index contributed by atoms with van der Waals surface area (Å²) in [5.74, 6) is 2.12. The molecule has 19 heavy (non-hydrogen) atoms. The third-order valence-electron chi connectivity index (χ3n) is 3.05. The number of hydrogen-bond donors (Lipinski definition) is 1. The maximum absolute atomic E-state index is 12.5. The highest BCUT2D eigenvalue weighted by Crippen LogP contribution is 2.26. The van der Waals surface area contributed by atoms with Gasteiger partial charge in [0.2, 0.25) is 5.91 Å². The van der Waals surface area contributed by atoms with E-state index in [9.17, 15) is 9.59 Å². The quantitative estimate of drug-likeness (QED) is 0.720. The average Bonchev–Trinajstić information content (AvgIpc) is 2.45. The van der Waals surface area contributed by atoms with Crippen LogP contribution in [0.15, 0.2) is 18.2 Å². The number of amides is 2. The fourth-order valence-electron chi connectivity index (χ4n) is 2.02. The summed E-state index contributed by atoms with van der Waals surface area (Å²) in [6.45, 7) is 5.75. The third kappa shape index (κ3) is 2.45. The maximum atomic E-state index is 12.5. The number of carbonyl (C=O) groups excluding carboxylic acids is 2. The van der Waals surface area contributed by atoms with Gasteiger partial charge in [0.05, 0.1) is 11.3 Å². The largest absolute Gasteiger partial charge is 0.324 e. The molecule has 0 saturated heterocycles. The van der Waals surface area contributed by atoms with E-state index in [0.717, 1.165) is 0 Å². The highest BCUT2D eigenvalue weighted by molar-refractivity contribution is 6.09. The van der Waals surface area contributed by atoms with Gasteiger partial charge in [-0.1, -0.05) is 5.92 Å². The predicted octanol–water partition coefficient (Wildman–Crippen LogP) is 1.86. The molecule has 4 nitrogen and oxygen atoms in total. The lowest BCUT2D eigenvalue weighted by atomic mass is 10.0. The fraction of sp³-hybridized carbons (Fsp3) is 0.333. The zero-order valence-corrected chi connectivity index (χ0v) is 11.3. The molecule has 0 fully saturated rings. The van der Waals surface area contributed by atoms with E-state index in [1.165, 1.54) is 0 Å². The number of hydrogen-bond acceptors (Lipinski definition) is 2. The zero-order chi connectivity index (χ0) is 14.2. The van der Waals surface area contributed by atoms with Crippen molar-refractivity contribution < 1.29 is 9.59 Å². The first kappa shape index (κ1) is 13.2. The standard InChI is InChI=1S/C15H16N2O2/c1-5-10-6-7-11-12(8-10)16-13(18)9-17(14(11)19)15(2,3)4/h1,6-8H,9H2,2-4H3,(H,16,18). The molecule has 0 saturated carbocycles. The van der Waals surface area contributed by atoms with E-state index in [-0.39, 0.29) is 18.4 Å². The summed E-state index contributed by atoms with van der Waals surface area (Å²) in [5.41, 5.74) is 1.17. The number of rotatable bonds is 0. The Morgan fingerprint density at radius 3 is 2.58 bits per heavy atom. The summed E-state index contributed by atoms with van der Waals surface area (Å²) in [7, 11) is 0. The smallest absolute Gasteiger partial charge is 0.256 e. The summed E-state index contributed by atoms with van der Waals surface area (Å²) < 4.78 is 0. The van der Waals surface area contributed by atoms with Crippen LogP contribution in [0.2, 0.25) is 0 Å². The van der Waals surface area contributed by atoms with E-state index in [2.05, 4.69) is 11.2 Å². The van der Waals surface area contributed by atoms with Gasteiger partial charge in [0, 0.05) is 11.1 Å². The molecule has 0 unspecified atom stereocenters. The average molecular weight is 256 g/mol. The molecule has 2 amide bonds. The van der Waals surface area contributed by atoms with Gasteiger partial charge in [-0.3, -0.25) is 9.59 Å². The van der Waals surface area contributed by atoms with Crippen molar-refractivity contribution in [3.8, 4) is 12.3 Å². The molecule has 0 bridgehead atoms. The van der Waals surface area contributed by atoms with Gasteiger partial charge >= 0.3 is 0 Å². The third-order valence-corrected chi connectivity index (χ3v) is 3.05. The molecule has 98 valence electrons. The number of anilines is 1. The van der Waals surface area contributed by atoms with Crippen LogP contribution in [0, 0.1) is 12.3 Å². The van der Waals surface area contributed by atoms with Crippen LogP contribution >= 0.6 is 0 Å². The van der Waals surface area contributed by atoms with Gasteiger partial charge in [-0.2, -0.15) is 0 Å². The van der Waals surface area contributed by atoms with E-state index in [4.69, 9.17) is 6.42 Å². The van der Waals surface area contributed by atoms with Gasteiger partial charge in [-0.25, -0.2) is 0 Å². The van der Waals surface area contributed by atoms with Crippen molar-refractivity contribution in [3.05, 3.63) is 29.3 Å². The minimum Gasteiger partial charge on any atom is -0.324 e. The van der Waals surface area contributed by atoms with Crippen LogP contribution in [0.1, 0.15) is 36.7 Å². The molecule has 2 rings (SSSR count). The Kier molecular flexibility index (Phi) is 3.07. The Hall–Kier alpha value is -2.28. The molecule has 1 heterocycles. The highest BCUT2D eigenvalue weighted by Gasteiger charge is 2.33. The van der Waals surface area contributed by atoms with Gasteiger partial charge in [0.15, 0.2) is 0 Å². The summed E-state index contributed by atoms with van der Waals surface area (Å²) >= 11 is 0. The first-order valence-electron chi connectivity index (χ1n) is 6.05. The molecule has 1 aliphatic rings. The Bertz CT molecular complexity index is 591. The predicted molar refractivity (Wildman–Crippen MR) is 73.8 cm³/mol. The number of fused-ring (bicyclic) bond motifs is 1. The molecule has 4 heteroatoms. The number of terminal acetylenes is 1. The van der Waals surface area contributed by atoms with Crippen molar-refractivity contribution in [2.75, 3.05) is 11.9 Å². The number of nitrogens with zero attached hydrogens (tertiary/aromatic N) is 1. The first-order valence-corrected chi connectivity index (χ1v) is 6.05. The number of benzene rings is 1. The second-order valence-corrected chi connectivity index (χ2v) is 5.51. The van der Waals surface area contributed by atoms with Gasteiger partial charge in [-0.05, 0) is 39.0 Å². The summed E-state index contributed by atoms with van der Waals surface area (Å²) in [6, 6.07) is 5.02. The Morgan fingerprint density at radius 2 is 2.00 bits per heavy atom. The Labute approximate surface area is 112 Å². The molecule has 1 aromatic rings. The van der Waals surface area contributed by atoms with E-state index in [0.29, 0.717) is 16.8 Å². The molecule has 0 aromatic heterocycles. The Balaban J connectivity index is 2.54. The molecule has 0 aliphatic carbocycles.